The van der Waals surface area contributed by atoms with Crippen LogP contribution in [0.2, 0.25) is 0 Å². The van der Waals surface area contributed by atoms with Gasteiger partial charge < -0.3 is 14.8 Å². The van der Waals surface area contributed by atoms with Gasteiger partial charge in [-0.05, 0) is 35.0 Å². The largest absolute Gasteiger partial charge is 0.465 e. The molecule has 1 N–H and O–H groups in total. The second-order valence-corrected chi connectivity index (χ2v) is 6.82. The highest BCUT2D eigenvalue weighted by molar-refractivity contribution is 6.03. The fourth-order valence-electron chi connectivity index (χ4n) is 3.13. The molecule has 0 aliphatic rings. The number of carbonyl (C=O) groups is 4. The summed E-state index contributed by atoms with van der Waals surface area (Å²) in [5.74, 6) is -1.90. The first-order valence-electron chi connectivity index (χ1n) is 9.55. The van der Waals surface area contributed by atoms with Gasteiger partial charge in [0.15, 0.2) is 5.78 Å². The first kappa shape index (κ1) is 21.7. The highest BCUT2D eigenvalue weighted by atomic mass is 16.5. The molecule has 158 valence electrons. The molecule has 0 aromatic heterocycles. The third-order valence-electron chi connectivity index (χ3n) is 4.71. The number of hydrogen-bond acceptors (Lipinski definition) is 6. The normalized spacial score (nSPS) is 10.4. The second kappa shape index (κ2) is 9.67. The number of ether oxygens (including phenoxy) is 2. The van der Waals surface area contributed by atoms with Crippen molar-refractivity contribution in [2.24, 2.45) is 0 Å². The van der Waals surface area contributed by atoms with Gasteiger partial charge in [0.2, 0.25) is 5.91 Å². The first-order valence-corrected chi connectivity index (χ1v) is 9.55. The molecule has 0 saturated heterocycles. The molecule has 0 aliphatic heterocycles. The van der Waals surface area contributed by atoms with Crippen molar-refractivity contribution in [1.82, 2.24) is 0 Å². The summed E-state index contributed by atoms with van der Waals surface area (Å²) in [5.41, 5.74) is 0.944. The Kier molecular flexibility index (Phi) is 6.77. The van der Waals surface area contributed by atoms with Crippen molar-refractivity contribution in [2.75, 3.05) is 19.5 Å². The number of hydrogen-bond donors (Lipinski definition) is 1. The molecule has 3 aromatic carbocycles. The Balaban J connectivity index is 1.68. The molecule has 3 rings (SSSR count). The molecule has 0 aliphatic carbocycles. The number of nitrogens with one attached hydrogen (secondary N) is 1. The molecule has 0 bridgehead atoms. The molecule has 0 spiro atoms. The Labute approximate surface area is 179 Å². The summed E-state index contributed by atoms with van der Waals surface area (Å²) < 4.78 is 9.35. The van der Waals surface area contributed by atoms with Crippen molar-refractivity contribution in [2.45, 2.75) is 12.8 Å². The number of Topliss-reactive ketones (excluding diaryl/α,β-unsaturated/α-hetero) is 1. The number of ketones is 1. The predicted octanol–water partition coefficient (Wildman–Crippen LogP) is 4.01. The van der Waals surface area contributed by atoms with E-state index in [1.807, 2.05) is 30.3 Å². The Hall–Kier alpha value is -4.00. The zero-order chi connectivity index (χ0) is 22.4. The maximum Gasteiger partial charge on any atom is 0.337 e. The smallest absolute Gasteiger partial charge is 0.337 e. The lowest BCUT2D eigenvalue weighted by Gasteiger charge is -2.09. The number of fused-ring (bicyclic) bond motifs is 1. The zero-order valence-electron chi connectivity index (χ0n) is 17.1. The SMILES string of the molecule is COC(=O)c1cc(NC(=O)CCC(=O)c2ccc3ccccc3c2)cc(C(=O)OC)c1. The molecule has 1 amide bonds. The topological polar surface area (TPSA) is 98.8 Å². The van der Waals surface area contributed by atoms with Crippen LogP contribution in [0.4, 0.5) is 5.69 Å². The minimum Gasteiger partial charge on any atom is -0.465 e. The monoisotopic (exact) mass is 419 g/mol. The molecule has 0 saturated carbocycles. The molecule has 0 unspecified atom stereocenters. The molecule has 7 heteroatoms. The van der Waals surface area contributed by atoms with E-state index in [0.29, 0.717) is 5.56 Å². The van der Waals surface area contributed by atoms with Crippen LogP contribution in [0.15, 0.2) is 60.7 Å². The van der Waals surface area contributed by atoms with Crippen molar-refractivity contribution in [3.8, 4) is 0 Å². The molecule has 3 aromatic rings. The zero-order valence-corrected chi connectivity index (χ0v) is 17.1. The lowest BCUT2D eigenvalue weighted by atomic mass is 10.0. The van der Waals surface area contributed by atoms with Crippen LogP contribution in [-0.4, -0.2) is 37.8 Å². The van der Waals surface area contributed by atoms with Gasteiger partial charge in [0.1, 0.15) is 0 Å². The summed E-state index contributed by atoms with van der Waals surface area (Å²) in [4.78, 5) is 48.6. The number of rotatable bonds is 7. The standard InChI is InChI=1S/C24H21NO6/c1-30-23(28)18-12-19(24(29)31-2)14-20(13-18)25-22(27)10-9-21(26)17-8-7-15-5-3-4-6-16(15)11-17/h3-8,11-14H,9-10H2,1-2H3,(H,25,27). The molecular formula is C24H21NO6. The quantitative estimate of drug-likeness (QED) is 0.459. The van der Waals surface area contributed by atoms with E-state index in [4.69, 9.17) is 0 Å². The highest BCUT2D eigenvalue weighted by Crippen LogP contribution is 2.19. The van der Waals surface area contributed by atoms with E-state index in [1.54, 1.807) is 12.1 Å². The summed E-state index contributed by atoms with van der Waals surface area (Å²) in [6, 6.07) is 17.2. The van der Waals surface area contributed by atoms with Gasteiger partial charge in [-0.2, -0.15) is 0 Å². The summed E-state index contributed by atoms with van der Waals surface area (Å²) in [6.07, 6.45) is -0.0353. The minimum atomic E-state index is -0.660. The van der Waals surface area contributed by atoms with Gasteiger partial charge in [0.25, 0.3) is 0 Å². The molecule has 7 nitrogen and oxygen atoms in total. The molecule has 0 heterocycles. The van der Waals surface area contributed by atoms with Crippen molar-refractivity contribution in [3.05, 3.63) is 77.4 Å². The van der Waals surface area contributed by atoms with Crippen LogP contribution in [0.3, 0.4) is 0 Å². The maximum atomic E-state index is 12.5. The molecular weight excluding hydrogens is 398 g/mol. The number of benzene rings is 3. The maximum absolute atomic E-state index is 12.5. The number of amides is 1. The van der Waals surface area contributed by atoms with E-state index in [1.165, 1.54) is 32.4 Å². The van der Waals surface area contributed by atoms with Crippen molar-refractivity contribution >= 4 is 40.1 Å². The van der Waals surface area contributed by atoms with Gasteiger partial charge in [-0.1, -0.05) is 36.4 Å². The fourth-order valence-corrected chi connectivity index (χ4v) is 3.13. The van der Waals surface area contributed by atoms with Crippen LogP contribution >= 0.6 is 0 Å². The second-order valence-electron chi connectivity index (χ2n) is 6.82. The van der Waals surface area contributed by atoms with Crippen molar-refractivity contribution in [1.29, 1.82) is 0 Å². The third kappa shape index (κ3) is 5.33. The molecule has 0 fully saturated rings. The van der Waals surface area contributed by atoms with Gasteiger partial charge >= 0.3 is 11.9 Å². The van der Waals surface area contributed by atoms with Gasteiger partial charge in [-0.15, -0.1) is 0 Å². The molecule has 0 atom stereocenters. The lowest BCUT2D eigenvalue weighted by molar-refractivity contribution is -0.116. The highest BCUT2D eigenvalue weighted by Gasteiger charge is 2.16. The average Bonchev–Trinajstić information content (AvgIpc) is 2.80. The van der Waals surface area contributed by atoms with Crippen molar-refractivity contribution < 1.29 is 28.7 Å². The molecule has 31 heavy (non-hydrogen) atoms. The Bertz CT molecular complexity index is 1130. The van der Waals surface area contributed by atoms with Crippen LogP contribution in [0.1, 0.15) is 43.9 Å². The van der Waals surface area contributed by atoms with E-state index >= 15 is 0 Å². The van der Waals surface area contributed by atoms with Crippen LogP contribution in [0, 0.1) is 0 Å². The summed E-state index contributed by atoms with van der Waals surface area (Å²) in [7, 11) is 2.42. The number of esters is 2. The van der Waals surface area contributed by atoms with Gasteiger partial charge in [-0.3, -0.25) is 9.59 Å². The average molecular weight is 419 g/mol. The number of anilines is 1. The summed E-state index contributed by atoms with van der Waals surface area (Å²) in [5, 5.41) is 4.59. The Morgan fingerprint density at radius 1 is 0.710 bits per heavy atom. The first-order chi connectivity index (χ1) is 14.9. The van der Waals surface area contributed by atoms with E-state index < -0.39 is 17.8 Å². The lowest BCUT2D eigenvalue weighted by Crippen LogP contribution is -2.15. The number of carbonyl (C=O) groups excluding carboxylic acids is 4. The van der Waals surface area contributed by atoms with Crippen LogP contribution in [0.25, 0.3) is 10.8 Å². The van der Waals surface area contributed by atoms with Gasteiger partial charge in [0, 0.05) is 24.1 Å². The van der Waals surface area contributed by atoms with Gasteiger partial charge in [-0.25, -0.2) is 9.59 Å². The van der Waals surface area contributed by atoms with Crippen LogP contribution in [0.5, 0.6) is 0 Å². The van der Waals surface area contributed by atoms with E-state index in [2.05, 4.69) is 14.8 Å². The Morgan fingerprint density at radius 2 is 1.32 bits per heavy atom. The minimum absolute atomic E-state index is 0.0186. The number of methoxy groups -OCH3 is 2. The summed E-state index contributed by atoms with van der Waals surface area (Å²) >= 11 is 0. The summed E-state index contributed by atoms with van der Waals surface area (Å²) in [6.45, 7) is 0. The van der Waals surface area contributed by atoms with Crippen LogP contribution in [-0.2, 0) is 14.3 Å². The molecule has 0 radical (unpaired) electrons. The van der Waals surface area contributed by atoms with Gasteiger partial charge in [0.05, 0.1) is 25.3 Å². The Morgan fingerprint density at radius 3 is 1.94 bits per heavy atom. The van der Waals surface area contributed by atoms with E-state index in [0.717, 1.165) is 10.8 Å². The fraction of sp³-hybridized carbons (Fsp3) is 0.167. The predicted molar refractivity (Wildman–Crippen MR) is 115 cm³/mol. The van der Waals surface area contributed by atoms with E-state index in [9.17, 15) is 19.2 Å². The van der Waals surface area contributed by atoms with E-state index in [-0.39, 0.29) is 35.4 Å². The van der Waals surface area contributed by atoms with Crippen LogP contribution < -0.4 is 5.32 Å². The third-order valence-corrected chi connectivity index (χ3v) is 4.71. The van der Waals surface area contributed by atoms with Crippen molar-refractivity contribution in [3.63, 3.8) is 0 Å².